The summed E-state index contributed by atoms with van der Waals surface area (Å²) in [7, 11) is 0. The van der Waals surface area contributed by atoms with Gasteiger partial charge in [-0.2, -0.15) is 13.2 Å². The summed E-state index contributed by atoms with van der Waals surface area (Å²) in [6.45, 7) is 3.80. The SMILES string of the molecule is CC(C)Oc1ccccc1CSc1nnc(C(F)(F)F)n1N. The van der Waals surface area contributed by atoms with Crippen LogP contribution in [0.15, 0.2) is 29.4 Å². The minimum atomic E-state index is -4.63. The molecule has 0 saturated heterocycles. The van der Waals surface area contributed by atoms with Crippen molar-refractivity contribution in [1.29, 1.82) is 0 Å². The van der Waals surface area contributed by atoms with E-state index in [0.29, 0.717) is 16.2 Å². The molecule has 22 heavy (non-hydrogen) atoms. The van der Waals surface area contributed by atoms with Crippen molar-refractivity contribution in [3.8, 4) is 5.75 Å². The van der Waals surface area contributed by atoms with Gasteiger partial charge in [0.25, 0.3) is 5.82 Å². The van der Waals surface area contributed by atoms with Crippen molar-refractivity contribution < 1.29 is 17.9 Å². The van der Waals surface area contributed by atoms with E-state index in [2.05, 4.69) is 10.2 Å². The fourth-order valence-corrected chi connectivity index (χ4v) is 2.55. The molecule has 0 saturated carbocycles. The van der Waals surface area contributed by atoms with Crippen molar-refractivity contribution in [2.45, 2.75) is 37.0 Å². The first-order valence-corrected chi connectivity index (χ1v) is 7.42. The molecule has 0 spiro atoms. The summed E-state index contributed by atoms with van der Waals surface area (Å²) in [4.78, 5) is 0. The van der Waals surface area contributed by atoms with Gasteiger partial charge in [0.15, 0.2) is 0 Å². The molecule has 2 N–H and O–H groups in total. The molecule has 1 aromatic heterocycles. The molecule has 2 rings (SSSR count). The summed E-state index contributed by atoms with van der Waals surface area (Å²) in [5.41, 5.74) is 0.845. The van der Waals surface area contributed by atoms with Crippen LogP contribution in [-0.2, 0) is 11.9 Å². The van der Waals surface area contributed by atoms with Gasteiger partial charge in [0.2, 0.25) is 5.16 Å². The van der Waals surface area contributed by atoms with Gasteiger partial charge in [0.05, 0.1) is 6.10 Å². The maximum Gasteiger partial charge on any atom is 0.453 e. The lowest BCUT2D eigenvalue weighted by Gasteiger charge is -2.13. The van der Waals surface area contributed by atoms with Gasteiger partial charge < -0.3 is 10.6 Å². The Bertz CT molecular complexity index is 642. The largest absolute Gasteiger partial charge is 0.491 e. The fraction of sp³-hybridized carbons (Fsp3) is 0.385. The number of hydrogen-bond acceptors (Lipinski definition) is 5. The molecule has 0 unspecified atom stereocenters. The Morgan fingerprint density at radius 2 is 1.95 bits per heavy atom. The molecule has 0 atom stereocenters. The molecule has 2 aromatic rings. The molecular formula is C13H15F3N4OS. The van der Waals surface area contributed by atoms with Crippen molar-refractivity contribution in [3.63, 3.8) is 0 Å². The Balaban J connectivity index is 2.13. The number of nitrogens with two attached hydrogens (primary N) is 1. The van der Waals surface area contributed by atoms with Gasteiger partial charge in [-0.05, 0) is 19.9 Å². The van der Waals surface area contributed by atoms with Crippen molar-refractivity contribution >= 4 is 11.8 Å². The van der Waals surface area contributed by atoms with E-state index < -0.39 is 12.0 Å². The topological polar surface area (TPSA) is 66.0 Å². The predicted octanol–water partition coefficient (Wildman–Crippen LogP) is 3.09. The third-order valence-electron chi connectivity index (χ3n) is 2.61. The second-order valence-corrected chi connectivity index (χ2v) is 5.68. The smallest absolute Gasteiger partial charge is 0.453 e. The van der Waals surface area contributed by atoms with Crippen molar-refractivity contribution in [2.24, 2.45) is 0 Å². The number of rotatable bonds is 5. The minimum absolute atomic E-state index is 0.00106. The van der Waals surface area contributed by atoms with E-state index >= 15 is 0 Å². The van der Waals surface area contributed by atoms with Gasteiger partial charge in [-0.1, -0.05) is 30.0 Å². The molecule has 1 aromatic carbocycles. The summed E-state index contributed by atoms with van der Waals surface area (Å²) in [6, 6.07) is 7.31. The van der Waals surface area contributed by atoms with Gasteiger partial charge in [-0.15, -0.1) is 10.2 Å². The van der Waals surface area contributed by atoms with Crippen LogP contribution in [0.3, 0.4) is 0 Å². The number of nitrogen functional groups attached to an aromatic ring is 1. The highest BCUT2D eigenvalue weighted by Crippen LogP contribution is 2.31. The first kappa shape index (κ1) is 16.5. The molecule has 0 bridgehead atoms. The van der Waals surface area contributed by atoms with E-state index in [1.165, 1.54) is 0 Å². The molecule has 0 amide bonds. The van der Waals surface area contributed by atoms with Crippen molar-refractivity contribution in [2.75, 3.05) is 5.84 Å². The molecule has 5 nitrogen and oxygen atoms in total. The molecule has 0 aliphatic rings. The number of alkyl halides is 3. The van der Waals surface area contributed by atoms with Crippen LogP contribution in [0.1, 0.15) is 25.2 Å². The Morgan fingerprint density at radius 3 is 2.55 bits per heavy atom. The lowest BCUT2D eigenvalue weighted by Crippen LogP contribution is -2.21. The summed E-state index contributed by atoms with van der Waals surface area (Å²) in [5, 5.41) is 6.55. The molecule has 1 heterocycles. The van der Waals surface area contributed by atoms with Crippen LogP contribution in [0.2, 0.25) is 0 Å². The molecule has 0 aliphatic carbocycles. The van der Waals surface area contributed by atoms with Gasteiger partial charge in [-0.3, -0.25) is 0 Å². The van der Waals surface area contributed by atoms with Crippen LogP contribution >= 0.6 is 11.8 Å². The number of aromatic nitrogens is 3. The predicted molar refractivity (Wildman–Crippen MR) is 76.9 cm³/mol. The Kier molecular flexibility index (Phi) is 4.84. The van der Waals surface area contributed by atoms with E-state index in [1.807, 2.05) is 38.1 Å². The van der Waals surface area contributed by atoms with Crippen LogP contribution < -0.4 is 10.6 Å². The zero-order valence-corrected chi connectivity index (χ0v) is 12.8. The van der Waals surface area contributed by atoms with Crippen molar-refractivity contribution in [3.05, 3.63) is 35.7 Å². The molecule has 120 valence electrons. The number of hydrogen-bond donors (Lipinski definition) is 1. The van der Waals surface area contributed by atoms with E-state index in [1.54, 1.807) is 0 Å². The van der Waals surface area contributed by atoms with Crippen LogP contribution in [0.5, 0.6) is 5.75 Å². The van der Waals surface area contributed by atoms with E-state index in [0.717, 1.165) is 17.3 Å². The molecule has 0 radical (unpaired) electrons. The standard InChI is InChI=1S/C13H15F3N4OS/c1-8(2)21-10-6-4-3-5-9(10)7-22-12-19-18-11(20(12)17)13(14,15)16/h3-6,8H,7,17H2,1-2H3. The first-order chi connectivity index (χ1) is 10.3. The Morgan fingerprint density at radius 1 is 1.27 bits per heavy atom. The summed E-state index contributed by atoms with van der Waals surface area (Å²) >= 11 is 1.06. The number of para-hydroxylation sites is 1. The number of nitrogens with zero attached hydrogens (tertiary/aromatic N) is 3. The van der Waals surface area contributed by atoms with Crippen LogP contribution in [-0.4, -0.2) is 21.0 Å². The molecular weight excluding hydrogens is 317 g/mol. The highest BCUT2D eigenvalue weighted by atomic mass is 32.2. The maximum atomic E-state index is 12.6. The highest BCUT2D eigenvalue weighted by molar-refractivity contribution is 7.98. The second-order valence-electron chi connectivity index (χ2n) is 4.74. The van der Waals surface area contributed by atoms with E-state index in [9.17, 15) is 13.2 Å². The third-order valence-corrected chi connectivity index (χ3v) is 3.60. The molecule has 0 aliphatic heterocycles. The zero-order chi connectivity index (χ0) is 16.3. The van der Waals surface area contributed by atoms with Gasteiger partial charge in [0, 0.05) is 11.3 Å². The van der Waals surface area contributed by atoms with Crippen molar-refractivity contribution in [1.82, 2.24) is 14.9 Å². The average Bonchev–Trinajstić information content (AvgIpc) is 2.78. The fourth-order valence-electron chi connectivity index (χ4n) is 1.70. The number of thioether (sulfide) groups is 1. The van der Waals surface area contributed by atoms with Gasteiger partial charge in [0.1, 0.15) is 5.75 Å². The third kappa shape index (κ3) is 3.85. The minimum Gasteiger partial charge on any atom is -0.491 e. The highest BCUT2D eigenvalue weighted by Gasteiger charge is 2.38. The Hall–Kier alpha value is -1.90. The quantitative estimate of drug-likeness (QED) is 0.673. The number of benzene rings is 1. The second kappa shape index (κ2) is 6.47. The maximum absolute atomic E-state index is 12.6. The van der Waals surface area contributed by atoms with Crippen LogP contribution in [0.25, 0.3) is 0 Å². The van der Waals surface area contributed by atoms with Crippen LogP contribution in [0.4, 0.5) is 13.2 Å². The number of halogens is 3. The zero-order valence-electron chi connectivity index (χ0n) is 12.0. The summed E-state index contributed by atoms with van der Waals surface area (Å²) in [6.07, 6.45) is -4.62. The lowest BCUT2D eigenvalue weighted by atomic mass is 10.2. The summed E-state index contributed by atoms with van der Waals surface area (Å²) < 4.78 is 43.9. The lowest BCUT2D eigenvalue weighted by molar-refractivity contribution is -0.146. The molecule has 0 fully saturated rings. The normalized spacial score (nSPS) is 11.9. The van der Waals surface area contributed by atoms with Gasteiger partial charge in [-0.25, -0.2) is 4.68 Å². The number of ether oxygens (including phenoxy) is 1. The monoisotopic (exact) mass is 332 g/mol. The van der Waals surface area contributed by atoms with E-state index in [4.69, 9.17) is 10.6 Å². The summed E-state index contributed by atoms with van der Waals surface area (Å²) in [5.74, 6) is 5.23. The Labute approximate surface area is 129 Å². The van der Waals surface area contributed by atoms with E-state index in [-0.39, 0.29) is 11.3 Å². The first-order valence-electron chi connectivity index (χ1n) is 6.44. The molecule has 9 heteroatoms. The van der Waals surface area contributed by atoms with Gasteiger partial charge >= 0.3 is 6.18 Å². The van der Waals surface area contributed by atoms with Crippen LogP contribution in [0, 0.1) is 0 Å². The average molecular weight is 332 g/mol.